The molecule has 2 rings (SSSR count). The molecule has 0 aromatic heterocycles. The van der Waals surface area contributed by atoms with Crippen LogP contribution >= 0.6 is 11.8 Å². The summed E-state index contributed by atoms with van der Waals surface area (Å²) in [4.78, 5) is 24.0. The number of nitro benzene ring substituents is 1. The van der Waals surface area contributed by atoms with Crippen LogP contribution < -0.4 is 0 Å². The van der Waals surface area contributed by atoms with Gasteiger partial charge in [0.25, 0.3) is 5.91 Å². The molecule has 1 fully saturated rings. The highest BCUT2D eigenvalue weighted by Gasteiger charge is 2.25. The van der Waals surface area contributed by atoms with E-state index in [9.17, 15) is 20.0 Å². The van der Waals surface area contributed by atoms with Crippen LogP contribution in [0.3, 0.4) is 0 Å². The van der Waals surface area contributed by atoms with Crippen molar-refractivity contribution in [2.24, 2.45) is 0 Å². The fourth-order valence-corrected chi connectivity index (χ4v) is 3.32. The molecular weight excluding hydrogens is 280 g/mol. The Balaban J connectivity index is 2.17. The summed E-state index contributed by atoms with van der Waals surface area (Å²) in [7, 11) is 0. The number of phenolic OH excluding ortho intramolecular Hbond substituents is 1. The summed E-state index contributed by atoms with van der Waals surface area (Å²) in [5, 5.41) is 20.7. The van der Waals surface area contributed by atoms with Crippen LogP contribution in [0.4, 0.5) is 5.69 Å². The van der Waals surface area contributed by atoms with E-state index in [1.807, 2.05) is 11.8 Å². The first-order valence-corrected chi connectivity index (χ1v) is 7.46. The van der Waals surface area contributed by atoms with Crippen molar-refractivity contribution in [3.63, 3.8) is 0 Å². The van der Waals surface area contributed by atoms with Crippen molar-refractivity contribution in [3.05, 3.63) is 33.9 Å². The third-order valence-corrected chi connectivity index (χ3v) is 4.67. The molecule has 1 aromatic rings. The molecule has 20 heavy (non-hydrogen) atoms. The topological polar surface area (TPSA) is 83.7 Å². The van der Waals surface area contributed by atoms with Crippen molar-refractivity contribution >= 4 is 23.4 Å². The molecule has 7 heteroatoms. The first kappa shape index (κ1) is 14.6. The van der Waals surface area contributed by atoms with Gasteiger partial charge < -0.3 is 10.0 Å². The van der Waals surface area contributed by atoms with Gasteiger partial charge in [0, 0.05) is 35.7 Å². The largest absolute Gasteiger partial charge is 0.502 e. The number of thioether (sulfide) groups is 1. The predicted octanol–water partition coefficient (Wildman–Crippen LogP) is 2.27. The molecule has 0 radical (unpaired) electrons. The van der Waals surface area contributed by atoms with Crippen LogP contribution in [0.1, 0.15) is 23.7 Å². The maximum absolute atomic E-state index is 12.3. The number of benzene rings is 1. The van der Waals surface area contributed by atoms with E-state index in [2.05, 4.69) is 6.92 Å². The molecule has 1 aromatic carbocycles. The van der Waals surface area contributed by atoms with E-state index in [0.29, 0.717) is 18.3 Å². The molecule has 108 valence electrons. The van der Waals surface area contributed by atoms with E-state index in [-0.39, 0.29) is 17.2 Å². The Morgan fingerprint density at radius 1 is 1.60 bits per heavy atom. The Labute approximate surface area is 120 Å². The van der Waals surface area contributed by atoms with Crippen LogP contribution in [-0.4, -0.2) is 44.9 Å². The molecule has 1 unspecified atom stereocenters. The molecule has 1 aliphatic heterocycles. The molecule has 6 nitrogen and oxygen atoms in total. The smallest absolute Gasteiger partial charge is 0.310 e. The average Bonchev–Trinajstić information content (AvgIpc) is 2.46. The summed E-state index contributed by atoms with van der Waals surface area (Å²) in [5.74, 6) is 0.233. The van der Waals surface area contributed by atoms with Crippen molar-refractivity contribution in [3.8, 4) is 5.75 Å². The van der Waals surface area contributed by atoms with Gasteiger partial charge in [-0.25, -0.2) is 0 Å². The lowest BCUT2D eigenvalue weighted by molar-refractivity contribution is -0.385. The number of hydrogen-bond acceptors (Lipinski definition) is 5. The van der Waals surface area contributed by atoms with E-state index in [4.69, 9.17) is 0 Å². The van der Waals surface area contributed by atoms with Crippen LogP contribution in [0.5, 0.6) is 5.75 Å². The van der Waals surface area contributed by atoms with Crippen molar-refractivity contribution in [2.75, 3.05) is 18.8 Å². The van der Waals surface area contributed by atoms with E-state index in [1.54, 1.807) is 4.90 Å². The van der Waals surface area contributed by atoms with Gasteiger partial charge in [0.15, 0.2) is 5.75 Å². The van der Waals surface area contributed by atoms with Crippen molar-refractivity contribution < 1.29 is 14.8 Å². The SMILES string of the molecule is CCC1CN(C(=O)c2ccc([N+](=O)[O-])c(O)c2)CCS1. The Bertz CT molecular complexity index is 535. The van der Waals surface area contributed by atoms with Gasteiger partial charge in [0.1, 0.15) is 0 Å². The Kier molecular flexibility index (Phi) is 4.49. The van der Waals surface area contributed by atoms with Gasteiger partial charge in [-0.3, -0.25) is 14.9 Å². The molecule has 1 aliphatic rings. The molecule has 1 N–H and O–H groups in total. The van der Waals surface area contributed by atoms with Crippen LogP contribution in [0.2, 0.25) is 0 Å². The van der Waals surface area contributed by atoms with E-state index in [1.165, 1.54) is 18.2 Å². The number of nitrogens with zero attached hydrogens (tertiary/aromatic N) is 2. The molecule has 0 saturated carbocycles. The molecule has 0 bridgehead atoms. The molecule has 0 spiro atoms. The van der Waals surface area contributed by atoms with Gasteiger partial charge in [0.05, 0.1) is 4.92 Å². The molecule has 1 saturated heterocycles. The van der Waals surface area contributed by atoms with Gasteiger partial charge in [0.2, 0.25) is 0 Å². The number of rotatable bonds is 3. The average molecular weight is 296 g/mol. The van der Waals surface area contributed by atoms with Crippen molar-refractivity contribution in [2.45, 2.75) is 18.6 Å². The van der Waals surface area contributed by atoms with Crippen molar-refractivity contribution in [1.82, 2.24) is 4.90 Å². The first-order valence-electron chi connectivity index (χ1n) is 6.41. The molecular formula is C13H16N2O4S. The van der Waals surface area contributed by atoms with Crippen molar-refractivity contribution in [1.29, 1.82) is 0 Å². The lowest BCUT2D eigenvalue weighted by atomic mass is 10.1. The Morgan fingerprint density at radius 3 is 2.95 bits per heavy atom. The van der Waals surface area contributed by atoms with Crippen LogP contribution in [-0.2, 0) is 0 Å². The summed E-state index contributed by atoms with van der Waals surface area (Å²) in [6.07, 6.45) is 1.000. The number of amides is 1. The van der Waals surface area contributed by atoms with Gasteiger partial charge in [-0.2, -0.15) is 11.8 Å². The Morgan fingerprint density at radius 2 is 2.35 bits per heavy atom. The highest BCUT2D eigenvalue weighted by atomic mass is 32.2. The quantitative estimate of drug-likeness (QED) is 0.683. The third kappa shape index (κ3) is 3.04. The number of nitro groups is 1. The zero-order valence-corrected chi connectivity index (χ0v) is 11.9. The van der Waals surface area contributed by atoms with Gasteiger partial charge in [-0.1, -0.05) is 6.92 Å². The number of phenols is 1. The number of aromatic hydroxyl groups is 1. The fraction of sp³-hybridized carbons (Fsp3) is 0.462. The third-order valence-electron chi connectivity index (χ3n) is 3.30. The lowest BCUT2D eigenvalue weighted by Gasteiger charge is -2.32. The van der Waals surface area contributed by atoms with Gasteiger partial charge in [-0.15, -0.1) is 0 Å². The van der Waals surface area contributed by atoms with Crippen LogP contribution in [0.25, 0.3) is 0 Å². The number of hydrogen-bond donors (Lipinski definition) is 1. The number of carbonyl (C=O) groups excluding carboxylic acids is 1. The molecule has 0 aliphatic carbocycles. The maximum atomic E-state index is 12.3. The normalized spacial score (nSPS) is 18.9. The van der Waals surface area contributed by atoms with E-state index < -0.39 is 10.7 Å². The van der Waals surface area contributed by atoms with Crippen LogP contribution in [0.15, 0.2) is 18.2 Å². The Hall–Kier alpha value is -1.76. The molecule has 1 atom stereocenters. The standard InChI is InChI=1S/C13H16N2O4S/c1-2-10-8-14(5-6-20-10)13(17)9-3-4-11(15(18)19)12(16)7-9/h3-4,7,10,16H,2,5-6,8H2,1H3. The van der Waals surface area contributed by atoms with E-state index in [0.717, 1.165) is 12.2 Å². The summed E-state index contributed by atoms with van der Waals surface area (Å²) in [6.45, 7) is 3.43. The fourth-order valence-electron chi connectivity index (χ4n) is 2.14. The zero-order chi connectivity index (χ0) is 14.7. The minimum absolute atomic E-state index is 0.186. The second-order valence-corrected chi connectivity index (χ2v) is 6.02. The van der Waals surface area contributed by atoms with Crippen LogP contribution in [0, 0.1) is 10.1 Å². The lowest BCUT2D eigenvalue weighted by Crippen LogP contribution is -2.41. The van der Waals surface area contributed by atoms with Gasteiger partial charge >= 0.3 is 5.69 Å². The van der Waals surface area contributed by atoms with E-state index >= 15 is 0 Å². The summed E-state index contributed by atoms with van der Waals surface area (Å²) in [5.41, 5.74) is -0.1000. The first-order chi connectivity index (χ1) is 9.52. The predicted molar refractivity (Wildman–Crippen MR) is 77.2 cm³/mol. The second-order valence-electron chi connectivity index (χ2n) is 4.61. The molecule has 1 amide bonds. The minimum Gasteiger partial charge on any atom is -0.502 e. The highest BCUT2D eigenvalue weighted by Crippen LogP contribution is 2.28. The zero-order valence-electron chi connectivity index (χ0n) is 11.1. The van der Waals surface area contributed by atoms with Gasteiger partial charge in [-0.05, 0) is 18.6 Å². The minimum atomic E-state index is -0.672. The second kappa shape index (κ2) is 6.13. The summed E-state index contributed by atoms with van der Waals surface area (Å²) in [6, 6.07) is 3.73. The monoisotopic (exact) mass is 296 g/mol. The molecule has 1 heterocycles. The number of carbonyl (C=O) groups is 1. The summed E-state index contributed by atoms with van der Waals surface area (Å²) < 4.78 is 0. The highest BCUT2D eigenvalue weighted by molar-refractivity contribution is 8.00. The maximum Gasteiger partial charge on any atom is 0.310 e. The summed E-state index contributed by atoms with van der Waals surface area (Å²) >= 11 is 1.86.